The van der Waals surface area contributed by atoms with Gasteiger partial charge in [-0.25, -0.2) is 0 Å². The first-order valence-electron chi connectivity index (χ1n) is 25.2. The molecule has 0 spiro atoms. The Morgan fingerprint density at radius 1 is 0.494 bits per heavy atom. The smallest absolute Gasteiger partial charge is 0.305 e. The predicted molar refractivity (Wildman–Crippen MR) is 285 cm³/mol. The van der Waals surface area contributed by atoms with Crippen LogP contribution in [0.5, 0.6) is 0 Å². The van der Waals surface area contributed by atoms with Crippen LogP contribution in [0.25, 0.3) is 0 Å². The van der Waals surface area contributed by atoms with Crippen molar-refractivity contribution in [1.29, 1.82) is 0 Å². The summed E-state index contributed by atoms with van der Waals surface area (Å²) in [5, 5.41) is 39.2. The van der Waals surface area contributed by atoms with Crippen molar-refractivity contribution in [2.75, 3.05) is 26.2 Å². The summed E-state index contributed by atoms with van der Waals surface area (Å²) in [4.78, 5) is 151. The quantitative estimate of drug-likeness (QED) is 0.0180. The minimum Gasteiger partial charge on any atom is -0.481 e. The van der Waals surface area contributed by atoms with Gasteiger partial charge in [0.15, 0.2) is 11.9 Å². The fraction of sp³-hybridized carbons (Fsp3) is 0.490. The molecule has 1 aliphatic rings. The van der Waals surface area contributed by atoms with Crippen LogP contribution in [-0.2, 0) is 65.6 Å². The van der Waals surface area contributed by atoms with E-state index in [2.05, 4.69) is 52.5 Å². The summed E-state index contributed by atoms with van der Waals surface area (Å²) in [6, 6.07) is 6.54. The molecule has 3 unspecified atom stereocenters. The summed E-state index contributed by atoms with van der Waals surface area (Å²) in [5.74, 6) is -12.1. The number of aliphatic carboxylic acids is 2. The molecule has 3 rings (SSSR count). The maximum atomic E-state index is 14.2. The summed E-state index contributed by atoms with van der Waals surface area (Å²) in [7, 11) is 0. The fourth-order valence-corrected chi connectivity index (χ4v) is 8.21. The third kappa shape index (κ3) is 25.2. The molecular weight excluding hydrogens is 1030 g/mol. The number of amides is 9. The zero-order valence-electron chi connectivity index (χ0n) is 43.4. The molecular formula is C49H73N17O13. The first kappa shape index (κ1) is 64.4. The maximum Gasteiger partial charge on any atom is 0.305 e. The van der Waals surface area contributed by atoms with E-state index in [1.54, 1.807) is 60.7 Å². The van der Waals surface area contributed by atoms with Crippen molar-refractivity contribution in [3.8, 4) is 0 Å². The molecule has 1 aliphatic carbocycles. The van der Waals surface area contributed by atoms with E-state index in [1.165, 1.54) is 0 Å². The van der Waals surface area contributed by atoms with Crippen LogP contribution in [0, 0.1) is 5.92 Å². The second-order valence-corrected chi connectivity index (χ2v) is 18.7. The van der Waals surface area contributed by atoms with Crippen molar-refractivity contribution in [3.05, 3.63) is 71.8 Å². The number of guanidine groups is 2. The van der Waals surface area contributed by atoms with E-state index < -0.39 is 145 Å². The van der Waals surface area contributed by atoms with Crippen molar-refractivity contribution in [1.82, 2.24) is 42.5 Å². The van der Waals surface area contributed by atoms with Crippen molar-refractivity contribution in [2.45, 2.75) is 119 Å². The monoisotopic (exact) mass is 1110 g/mol. The highest BCUT2D eigenvalue weighted by Gasteiger charge is 2.37. The predicted octanol–water partition coefficient (Wildman–Crippen LogP) is -6.39. The van der Waals surface area contributed by atoms with Crippen molar-refractivity contribution >= 4 is 77.0 Å². The lowest BCUT2D eigenvalue weighted by atomic mass is 9.81. The lowest BCUT2D eigenvalue weighted by Crippen LogP contribution is -2.59. The Kier molecular flexibility index (Phi) is 27.1. The van der Waals surface area contributed by atoms with Gasteiger partial charge < -0.3 is 92.9 Å². The lowest BCUT2D eigenvalue weighted by Gasteiger charge is -2.36. The number of nitrogens with two attached hydrogens (primary N) is 7. The molecule has 1 saturated carbocycles. The van der Waals surface area contributed by atoms with Gasteiger partial charge in [0.1, 0.15) is 24.2 Å². The van der Waals surface area contributed by atoms with E-state index >= 15 is 0 Å². The Hall–Kier alpha value is -8.93. The van der Waals surface area contributed by atoms with Gasteiger partial charge in [-0.3, -0.25) is 62.7 Å². The Balaban J connectivity index is 1.78. The number of nitrogens with zero attached hydrogens (tertiary/aromatic N) is 2. The van der Waals surface area contributed by atoms with Crippen LogP contribution < -0.4 is 82.7 Å². The molecule has 2 aromatic rings. The molecule has 24 N–H and O–H groups in total. The van der Waals surface area contributed by atoms with Gasteiger partial charge in [0.25, 0.3) is 0 Å². The summed E-state index contributed by atoms with van der Waals surface area (Å²) in [6.45, 7) is -0.974. The van der Waals surface area contributed by atoms with Gasteiger partial charge in [-0.05, 0) is 56.1 Å². The Morgan fingerprint density at radius 3 is 1.19 bits per heavy atom. The van der Waals surface area contributed by atoms with E-state index in [-0.39, 0.29) is 70.0 Å². The molecule has 0 saturated heterocycles. The molecule has 0 heterocycles. The maximum absolute atomic E-state index is 14.2. The zero-order chi connectivity index (χ0) is 58.6. The van der Waals surface area contributed by atoms with Crippen LogP contribution in [0.2, 0.25) is 0 Å². The van der Waals surface area contributed by atoms with E-state index in [1.807, 2.05) is 0 Å². The third-order valence-corrected chi connectivity index (χ3v) is 12.1. The fourth-order valence-electron chi connectivity index (χ4n) is 8.21. The first-order chi connectivity index (χ1) is 37.4. The van der Waals surface area contributed by atoms with Gasteiger partial charge in [-0.2, -0.15) is 0 Å². The van der Waals surface area contributed by atoms with Crippen LogP contribution in [-0.4, -0.2) is 162 Å². The van der Waals surface area contributed by atoms with Crippen LogP contribution in [0.1, 0.15) is 68.9 Å². The largest absolute Gasteiger partial charge is 0.481 e. The van der Waals surface area contributed by atoms with Gasteiger partial charge in [0.05, 0.1) is 38.0 Å². The molecule has 0 aromatic heterocycles. The van der Waals surface area contributed by atoms with Gasteiger partial charge in [-0.15, -0.1) is 0 Å². The summed E-state index contributed by atoms with van der Waals surface area (Å²) < 4.78 is 0. The molecule has 79 heavy (non-hydrogen) atoms. The van der Waals surface area contributed by atoms with E-state index in [4.69, 9.17) is 40.1 Å². The number of hydrogen-bond acceptors (Lipinski definition) is 15. The second kappa shape index (κ2) is 33.3. The van der Waals surface area contributed by atoms with Crippen LogP contribution in [0.4, 0.5) is 0 Å². The highest BCUT2D eigenvalue weighted by Crippen LogP contribution is 2.25. The molecule has 2 aromatic carbocycles. The van der Waals surface area contributed by atoms with Gasteiger partial charge >= 0.3 is 11.9 Å². The molecule has 1 fully saturated rings. The van der Waals surface area contributed by atoms with E-state index in [0.29, 0.717) is 24.0 Å². The van der Waals surface area contributed by atoms with Crippen molar-refractivity contribution in [3.63, 3.8) is 0 Å². The molecule has 9 amide bonds. The second-order valence-electron chi connectivity index (χ2n) is 18.7. The number of nitrogens with one attached hydrogen (secondary N) is 8. The molecule has 432 valence electrons. The number of benzene rings is 2. The van der Waals surface area contributed by atoms with Crippen LogP contribution in [0.15, 0.2) is 70.6 Å². The van der Waals surface area contributed by atoms with Gasteiger partial charge in [0.2, 0.25) is 53.2 Å². The average Bonchev–Trinajstić information content (AvgIpc) is 3.39. The number of rotatable bonds is 33. The summed E-state index contributed by atoms with van der Waals surface area (Å²) in [6.07, 6.45) is -1.21. The molecule has 0 radical (unpaired) electrons. The van der Waals surface area contributed by atoms with Gasteiger partial charge in [0, 0.05) is 43.9 Å². The Bertz CT molecular complexity index is 2330. The van der Waals surface area contributed by atoms with Crippen molar-refractivity contribution in [2.24, 2.45) is 56.0 Å². The lowest BCUT2D eigenvalue weighted by molar-refractivity contribution is -0.141. The number of carboxylic acids is 2. The van der Waals surface area contributed by atoms with E-state index in [0.717, 1.165) is 0 Å². The standard InChI is InChI=1S/C49H73N17O13/c50-31(13-7-15-57-48(53)54)42(74)59-24-37(67)63-35(22-39(69)70)46(78)65-33(17-26-9-3-1-4-10-26)44(76)61-29-19-28(41(52)73)20-30(21-29)62-45(77)34(18-27-11-5-2-6-12-27)66-47(79)36(23-40(71)72)64-38(68)25-60-43(75)32(51)14-8-16-58-49(55)56/h1-6,9-12,28-36H,7-8,13-25,50-51H2,(H2,52,73)(H,59,74)(H,60,75)(H,61,76)(H,62,77)(H,63,67)(H,64,68)(H,65,78)(H,66,79)(H,69,70)(H,71,72)(H4,53,54,57)(H4,55,56,58)/t28?,29?,30?,31-,32+,33-,34+,35-,36+. The molecule has 30 nitrogen and oxygen atoms in total. The Morgan fingerprint density at radius 2 is 0.861 bits per heavy atom. The normalized spacial score (nSPS) is 16.9. The minimum atomic E-state index is -1.74. The number of primary amides is 1. The molecule has 9 atom stereocenters. The summed E-state index contributed by atoms with van der Waals surface area (Å²) in [5.41, 5.74) is 39.8. The number of hydrogen-bond donors (Lipinski definition) is 17. The third-order valence-electron chi connectivity index (χ3n) is 12.1. The van der Waals surface area contributed by atoms with Crippen LogP contribution >= 0.6 is 0 Å². The number of carbonyl (C=O) groups is 11. The SMILES string of the molecule is NC(=O)C1CC(NC(=O)[C@H](Cc2ccccc2)NC(=O)[C@H](CC(=O)O)NC(=O)CNC(=O)[C@@H](N)CCCN=C(N)N)CC(NC(=O)[C@@H](Cc2ccccc2)NC(=O)[C@@H](CC(=O)O)NC(=O)CNC(=O)[C@H](N)CCCN=C(N)N)C1. The molecule has 0 aliphatic heterocycles. The Labute approximate surface area is 454 Å². The number of carboxylic acid groups (broad SMARTS) is 2. The molecule has 0 bridgehead atoms. The van der Waals surface area contributed by atoms with Crippen molar-refractivity contribution < 1.29 is 63.0 Å². The van der Waals surface area contributed by atoms with Gasteiger partial charge in [-0.1, -0.05) is 60.7 Å². The summed E-state index contributed by atoms with van der Waals surface area (Å²) >= 11 is 0. The molecule has 30 heteroatoms. The number of carbonyl (C=O) groups excluding carboxylic acids is 9. The highest BCUT2D eigenvalue weighted by atomic mass is 16.4. The number of aliphatic imine (C=N–C) groups is 2. The topological polar surface area (TPSA) is 531 Å². The van der Waals surface area contributed by atoms with Crippen LogP contribution in [0.3, 0.4) is 0 Å². The zero-order valence-corrected chi connectivity index (χ0v) is 43.4. The minimum absolute atomic E-state index is 0.0185. The van der Waals surface area contributed by atoms with E-state index in [9.17, 15) is 63.0 Å². The first-order valence-corrected chi connectivity index (χ1v) is 25.2. The highest BCUT2D eigenvalue weighted by molar-refractivity contribution is 5.97. The average molecular weight is 1110 g/mol.